The van der Waals surface area contributed by atoms with E-state index in [9.17, 15) is 14.7 Å². The van der Waals surface area contributed by atoms with Gasteiger partial charge in [-0.05, 0) is 37.7 Å². The first kappa shape index (κ1) is 16.4. The lowest BCUT2D eigenvalue weighted by molar-refractivity contribution is -0.133. The molecule has 1 aliphatic rings. The normalized spacial score (nSPS) is 14.1. The van der Waals surface area contributed by atoms with Gasteiger partial charge >= 0.3 is 11.8 Å². The number of phenols is 1. The van der Waals surface area contributed by atoms with Crippen LogP contribution in [0.25, 0.3) is 0 Å². The summed E-state index contributed by atoms with van der Waals surface area (Å²) >= 11 is 1.40. The van der Waals surface area contributed by atoms with Gasteiger partial charge in [0.2, 0.25) is 0 Å². The number of nitrogens with zero attached hydrogens (tertiary/aromatic N) is 2. The van der Waals surface area contributed by atoms with Gasteiger partial charge < -0.3 is 15.3 Å². The van der Waals surface area contributed by atoms with Crippen LogP contribution >= 0.6 is 11.3 Å². The summed E-state index contributed by atoms with van der Waals surface area (Å²) in [5, 5.41) is 14.9. The molecule has 0 spiro atoms. The fourth-order valence-electron chi connectivity index (χ4n) is 2.50. The molecule has 0 saturated heterocycles. The molecule has 0 saturated carbocycles. The van der Waals surface area contributed by atoms with E-state index in [0.717, 1.165) is 30.1 Å². The Kier molecular flexibility index (Phi) is 4.50. The maximum atomic E-state index is 12.1. The van der Waals surface area contributed by atoms with Crippen molar-refractivity contribution in [2.45, 2.75) is 19.9 Å². The Morgan fingerprint density at radius 1 is 1.29 bits per heavy atom. The van der Waals surface area contributed by atoms with Crippen LogP contribution in [-0.4, -0.2) is 40.4 Å². The number of aryl methyl sites for hydroxylation is 1. The number of amides is 2. The van der Waals surface area contributed by atoms with Gasteiger partial charge in [0.1, 0.15) is 5.75 Å². The van der Waals surface area contributed by atoms with Crippen molar-refractivity contribution in [2.75, 3.05) is 24.2 Å². The quantitative estimate of drug-likeness (QED) is 0.569. The highest BCUT2D eigenvalue weighted by atomic mass is 32.1. The molecule has 0 unspecified atom stereocenters. The summed E-state index contributed by atoms with van der Waals surface area (Å²) in [5.74, 6) is -1.43. The first-order valence-corrected chi connectivity index (χ1v) is 8.33. The van der Waals surface area contributed by atoms with Crippen molar-refractivity contribution in [1.29, 1.82) is 0 Å². The second-order valence-corrected chi connectivity index (χ2v) is 6.87. The maximum Gasteiger partial charge on any atom is 0.315 e. The second-order valence-electron chi connectivity index (χ2n) is 5.78. The standard InChI is InChI=1S/C16H18N4O3S/c1-9-7-10(21)3-4-11(9)17-14(22)15(23)19-16-18-12-5-6-20(2)8-13(12)24-16/h3-4,7,21H,5-6,8H2,1-2H3,(H,17,22)(H,18,19,23). The zero-order valence-corrected chi connectivity index (χ0v) is 14.2. The number of nitrogens with one attached hydrogen (secondary N) is 2. The van der Waals surface area contributed by atoms with Crippen LogP contribution in [-0.2, 0) is 22.6 Å². The van der Waals surface area contributed by atoms with Crippen molar-refractivity contribution >= 4 is 34.0 Å². The van der Waals surface area contributed by atoms with Crippen molar-refractivity contribution in [3.05, 3.63) is 34.3 Å². The van der Waals surface area contributed by atoms with Gasteiger partial charge in [0.15, 0.2) is 5.13 Å². The molecule has 1 aromatic heterocycles. The molecule has 2 amide bonds. The van der Waals surface area contributed by atoms with E-state index >= 15 is 0 Å². The Balaban J connectivity index is 1.65. The predicted octanol–water partition coefficient (Wildman–Crippen LogP) is 1.72. The van der Waals surface area contributed by atoms with E-state index in [4.69, 9.17) is 0 Å². The number of anilines is 2. The third-order valence-electron chi connectivity index (χ3n) is 3.81. The van der Waals surface area contributed by atoms with Crippen LogP contribution in [0.4, 0.5) is 10.8 Å². The predicted molar refractivity (Wildman–Crippen MR) is 92.3 cm³/mol. The summed E-state index contributed by atoms with van der Waals surface area (Å²) < 4.78 is 0. The molecule has 2 aromatic rings. The Morgan fingerprint density at radius 2 is 2.04 bits per heavy atom. The number of phenolic OH excluding ortho intramolecular Hbond substituents is 1. The molecule has 24 heavy (non-hydrogen) atoms. The zero-order chi connectivity index (χ0) is 17.3. The van der Waals surface area contributed by atoms with Crippen LogP contribution in [0.2, 0.25) is 0 Å². The molecule has 3 rings (SSSR count). The summed E-state index contributed by atoms with van der Waals surface area (Å²) in [6.45, 7) is 3.48. The van der Waals surface area contributed by atoms with Crippen molar-refractivity contribution < 1.29 is 14.7 Å². The van der Waals surface area contributed by atoms with Crippen LogP contribution in [0, 0.1) is 6.92 Å². The van der Waals surface area contributed by atoms with E-state index in [-0.39, 0.29) is 5.75 Å². The number of rotatable bonds is 2. The third-order valence-corrected chi connectivity index (χ3v) is 4.80. The molecule has 7 nitrogen and oxygen atoms in total. The Bertz CT molecular complexity index is 803. The SMILES string of the molecule is Cc1cc(O)ccc1NC(=O)C(=O)Nc1nc2c(s1)CN(C)CC2. The van der Waals surface area contributed by atoms with Crippen molar-refractivity contribution in [1.82, 2.24) is 9.88 Å². The van der Waals surface area contributed by atoms with Gasteiger partial charge in [0, 0.05) is 30.1 Å². The molecule has 1 aliphatic heterocycles. The average molecular weight is 346 g/mol. The lowest BCUT2D eigenvalue weighted by atomic mass is 10.2. The van der Waals surface area contributed by atoms with Crippen LogP contribution < -0.4 is 10.6 Å². The molecule has 8 heteroatoms. The molecule has 2 heterocycles. The minimum Gasteiger partial charge on any atom is -0.508 e. The highest BCUT2D eigenvalue weighted by molar-refractivity contribution is 7.16. The lowest BCUT2D eigenvalue weighted by Crippen LogP contribution is -2.29. The molecule has 0 atom stereocenters. The van der Waals surface area contributed by atoms with E-state index in [1.807, 2.05) is 7.05 Å². The number of carbonyl (C=O) groups is 2. The maximum absolute atomic E-state index is 12.1. The number of aromatic nitrogens is 1. The highest BCUT2D eigenvalue weighted by Gasteiger charge is 2.21. The lowest BCUT2D eigenvalue weighted by Gasteiger charge is -2.20. The van der Waals surface area contributed by atoms with Gasteiger partial charge in [-0.2, -0.15) is 0 Å². The number of benzene rings is 1. The van der Waals surface area contributed by atoms with Gasteiger partial charge in [-0.3, -0.25) is 14.9 Å². The van der Waals surface area contributed by atoms with E-state index in [2.05, 4.69) is 20.5 Å². The first-order valence-electron chi connectivity index (χ1n) is 7.51. The highest BCUT2D eigenvalue weighted by Crippen LogP contribution is 2.27. The van der Waals surface area contributed by atoms with Crippen LogP contribution in [0.1, 0.15) is 16.1 Å². The topological polar surface area (TPSA) is 94.6 Å². The van der Waals surface area contributed by atoms with Gasteiger partial charge in [-0.1, -0.05) is 0 Å². The molecule has 0 radical (unpaired) electrons. The van der Waals surface area contributed by atoms with Crippen molar-refractivity contribution in [2.24, 2.45) is 0 Å². The summed E-state index contributed by atoms with van der Waals surface area (Å²) in [7, 11) is 2.04. The van der Waals surface area contributed by atoms with Crippen LogP contribution in [0.15, 0.2) is 18.2 Å². The summed E-state index contributed by atoms with van der Waals surface area (Å²) in [6.07, 6.45) is 0.844. The molecule has 1 aromatic carbocycles. The number of likely N-dealkylation sites (N-methyl/N-ethyl adjacent to an activating group) is 1. The Morgan fingerprint density at radius 3 is 2.79 bits per heavy atom. The summed E-state index contributed by atoms with van der Waals surface area (Å²) in [5.41, 5.74) is 2.14. The molecule has 0 fully saturated rings. The van der Waals surface area contributed by atoms with E-state index in [1.54, 1.807) is 13.0 Å². The molecule has 0 aliphatic carbocycles. The number of hydrogen-bond donors (Lipinski definition) is 3. The molecular weight excluding hydrogens is 328 g/mol. The average Bonchev–Trinajstić information content (AvgIpc) is 2.91. The third kappa shape index (κ3) is 3.55. The van der Waals surface area contributed by atoms with Gasteiger partial charge in [0.05, 0.1) is 5.69 Å². The van der Waals surface area contributed by atoms with E-state index in [0.29, 0.717) is 16.4 Å². The smallest absolute Gasteiger partial charge is 0.315 e. The fourth-order valence-corrected chi connectivity index (χ4v) is 3.58. The summed E-state index contributed by atoms with van der Waals surface area (Å²) in [6, 6.07) is 4.51. The Hall–Kier alpha value is -2.45. The zero-order valence-electron chi connectivity index (χ0n) is 13.4. The monoisotopic (exact) mass is 346 g/mol. The molecule has 3 N–H and O–H groups in total. The van der Waals surface area contributed by atoms with Crippen molar-refractivity contribution in [3.63, 3.8) is 0 Å². The minimum absolute atomic E-state index is 0.105. The molecule has 0 bridgehead atoms. The van der Waals surface area contributed by atoms with Crippen LogP contribution in [0.5, 0.6) is 5.75 Å². The van der Waals surface area contributed by atoms with Crippen molar-refractivity contribution in [3.8, 4) is 5.75 Å². The van der Waals surface area contributed by atoms with Gasteiger partial charge in [0.25, 0.3) is 0 Å². The van der Waals surface area contributed by atoms with E-state index in [1.165, 1.54) is 23.5 Å². The second kappa shape index (κ2) is 6.58. The number of carbonyl (C=O) groups excluding carboxylic acids is 2. The summed E-state index contributed by atoms with van der Waals surface area (Å²) in [4.78, 5) is 31.8. The number of hydrogen-bond acceptors (Lipinski definition) is 6. The first-order chi connectivity index (χ1) is 11.4. The number of aromatic hydroxyl groups is 1. The van der Waals surface area contributed by atoms with Gasteiger partial charge in [-0.15, -0.1) is 11.3 Å². The fraction of sp³-hybridized carbons (Fsp3) is 0.312. The molecule has 126 valence electrons. The number of fused-ring (bicyclic) bond motifs is 1. The molecular formula is C16H18N4O3S. The van der Waals surface area contributed by atoms with Crippen LogP contribution in [0.3, 0.4) is 0 Å². The minimum atomic E-state index is -0.769. The number of thiazole rings is 1. The van der Waals surface area contributed by atoms with Gasteiger partial charge in [-0.25, -0.2) is 4.98 Å². The Labute approximate surface area is 143 Å². The largest absolute Gasteiger partial charge is 0.508 e. The van der Waals surface area contributed by atoms with E-state index < -0.39 is 11.8 Å².